The molecule has 0 radical (unpaired) electrons. The van der Waals surface area contributed by atoms with E-state index in [-0.39, 0.29) is 50.0 Å². The topological polar surface area (TPSA) is 268 Å². The van der Waals surface area contributed by atoms with Crippen molar-refractivity contribution in [3.63, 3.8) is 0 Å². The standard InChI is InChI=1S/C48H65N11O5/c1-29(2)20-22-52-44(61)39(23-30(3)4)57-47(64)42(26-33-28-55-38-19-11-9-16-35(33)38)59-45(62)40(24-31-13-6-5-7-14-31)58-46(63)41(25-32-27-54-37-18-10-8-15-34(32)37)56-43(60)36(49)17-12-21-53-48(50)51/h5-11,13-16,18-19,27-30,36,39-42,54-55H,12,17,20-26,49H2,1-4H3,(H,52,61)(H,56,60)(H,57,64)(H,58,63)(H,59,62)(H4,50,51,53)/t36-,39+,40+,41-,42-/m1/s1. The molecular formula is C48H65N11O5. The Balaban J connectivity index is 1.44. The molecule has 0 aliphatic rings. The summed E-state index contributed by atoms with van der Waals surface area (Å²) in [4.78, 5) is 81.2. The molecule has 342 valence electrons. The highest BCUT2D eigenvalue weighted by Gasteiger charge is 2.33. The van der Waals surface area contributed by atoms with Gasteiger partial charge in [-0.05, 0) is 66.3 Å². The molecule has 0 aliphatic heterocycles. The Bertz CT molecular complexity index is 2350. The van der Waals surface area contributed by atoms with Gasteiger partial charge in [0.15, 0.2) is 5.96 Å². The van der Waals surface area contributed by atoms with Crippen molar-refractivity contribution in [2.24, 2.45) is 34.0 Å². The third-order valence-electron chi connectivity index (χ3n) is 11.0. The van der Waals surface area contributed by atoms with Crippen LogP contribution >= 0.6 is 0 Å². The van der Waals surface area contributed by atoms with Crippen molar-refractivity contribution in [1.82, 2.24) is 36.6 Å². The smallest absolute Gasteiger partial charge is 0.243 e. The summed E-state index contributed by atoms with van der Waals surface area (Å²) in [7, 11) is 0. The first kappa shape index (κ1) is 48.4. The summed E-state index contributed by atoms with van der Waals surface area (Å²) in [5.74, 6) is -2.29. The lowest BCUT2D eigenvalue weighted by Gasteiger charge is -2.27. The summed E-state index contributed by atoms with van der Waals surface area (Å²) in [5, 5.41) is 16.4. The van der Waals surface area contributed by atoms with Crippen LogP contribution in [0.4, 0.5) is 0 Å². The van der Waals surface area contributed by atoms with Crippen molar-refractivity contribution < 1.29 is 24.0 Å². The predicted molar refractivity (Wildman–Crippen MR) is 252 cm³/mol. The molecule has 2 aromatic heterocycles. The Morgan fingerprint density at radius 3 is 1.58 bits per heavy atom. The molecule has 5 aromatic rings. The number of nitrogens with zero attached hydrogens (tertiary/aromatic N) is 1. The number of benzene rings is 3. The Morgan fingerprint density at radius 2 is 1.06 bits per heavy atom. The Kier molecular flexibility index (Phi) is 17.9. The van der Waals surface area contributed by atoms with Gasteiger partial charge in [-0.25, -0.2) is 0 Å². The van der Waals surface area contributed by atoms with Crippen LogP contribution < -0.4 is 43.8 Å². The van der Waals surface area contributed by atoms with E-state index >= 15 is 0 Å². The van der Waals surface area contributed by atoms with Gasteiger partial charge in [0.1, 0.15) is 24.2 Å². The number of aliphatic imine (C=N–C) groups is 1. The van der Waals surface area contributed by atoms with E-state index in [2.05, 4.69) is 55.4 Å². The van der Waals surface area contributed by atoms with Crippen molar-refractivity contribution in [3.8, 4) is 0 Å². The van der Waals surface area contributed by atoms with Crippen LogP contribution in [0.25, 0.3) is 21.8 Å². The molecular weight excluding hydrogens is 811 g/mol. The number of nitrogens with two attached hydrogens (primary N) is 3. The molecule has 2 heterocycles. The minimum absolute atomic E-state index is 0.0616. The van der Waals surface area contributed by atoms with Gasteiger partial charge in [0.25, 0.3) is 0 Å². The zero-order chi connectivity index (χ0) is 46.2. The van der Waals surface area contributed by atoms with Gasteiger partial charge < -0.3 is 53.8 Å². The Hall–Kier alpha value is -6.68. The van der Waals surface area contributed by atoms with E-state index in [1.165, 1.54) is 0 Å². The number of fused-ring (bicyclic) bond motifs is 2. The molecule has 64 heavy (non-hydrogen) atoms. The molecule has 5 rings (SSSR count). The number of hydrogen-bond donors (Lipinski definition) is 10. The Labute approximate surface area is 374 Å². The van der Waals surface area contributed by atoms with E-state index in [4.69, 9.17) is 17.2 Å². The second-order valence-electron chi connectivity index (χ2n) is 17.2. The maximum atomic E-state index is 14.7. The summed E-state index contributed by atoms with van der Waals surface area (Å²) in [6, 6.07) is 19.1. The summed E-state index contributed by atoms with van der Waals surface area (Å²) in [6.45, 7) is 8.83. The minimum atomic E-state index is -1.20. The molecule has 13 N–H and O–H groups in total. The highest BCUT2D eigenvalue weighted by atomic mass is 16.2. The zero-order valence-electron chi connectivity index (χ0n) is 37.3. The highest BCUT2D eigenvalue weighted by Crippen LogP contribution is 2.21. The second-order valence-corrected chi connectivity index (χ2v) is 17.2. The molecule has 0 fully saturated rings. The monoisotopic (exact) mass is 876 g/mol. The third-order valence-corrected chi connectivity index (χ3v) is 11.0. The summed E-state index contributed by atoms with van der Waals surface area (Å²) in [6.07, 6.45) is 5.64. The van der Waals surface area contributed by atoms with Gasteiger partial charge in [-0.3, -0.25) is 29.0 Å². The van der Waals surface area contributed by atoms with Gasteiger partial charge >= 0.3 is 0 Å². The van der Waals surface area contributed by atoms with Gasteiger partial charge in [0, 0.05) is 66.6 Å². The van der Waals surface area contributed by atoms with Crippen LogP contribution in [0, 0.1) is 11.8 Å². The predicted octanol–water partition coefficient (Wildman–Crippen LogP) is 3.21. The number of para-hydroxylation sites is 2. The average molecular weight is 876 g/mol. The van der Waals surface area contributed by atoms with Crippen LogP contribution in [-0.4, -0.2) is 88.8 Å². The summed E-state index contributed by atoms with van der Waals surface area (Å²) in [5.41, 5.74) is 21.2. The van der Waals surface area contributed by atoms with Gasteiger partial charge in [-0.15, -0.1) is 0 Å². The summed E-state index contributed by atoms with van der Waals surface area (Å²) >= 11 is 0. The highest BCUT2D eigenvalue weighted by molar-refractivity contribution is 5.97. The number of hydrogen-bond acceptors (Lipinski definition) is 7. The molecule has 5 amide bonds. The lowest BCUT2D eigenvalue weighted by atomic mass is 9.99. The molecule has 3 aromatic carbocycles. The first-order valence-corrected chi connectivity index (χ1v) is 22.1. The fourth-order valence-electron chi connectivity index (χ4n) is 7.57. The Morgan fingerprint density at radius 1 is 0.578 bits per heavy atom. The number of H-pyrrole nitrogens is 2. The molecule has 0 aliphatic carbocycles. The van der Waals surface area contributed by atoms with E-state index < -0.39 is 53.8 Å². The largest absolute Gasteiger partial charge is 0.370 e. The fraction of sp³-hybridized carbons (Fsp3) is 0.417. The number of nitrogens with one attached hydrogen (secondary N) is 7. The van der Waals surface area contributed by atoms with Gasteiger partial charge in [0.05, 0.1) is 6.04 Å². The quantitative estimate of drug-likeness (QED) is 0.0249. The number of rotatable bonds is 24. The number of amides is 5. The first-order valence-electron chi connectivity index (χ1n) is 22.1. The van der Waals surface area contributed by atoms with Crippen LogP contribution in [0.1, 0.15) is 70.1 Å². The average Bonchev–Trinajstić information content (AvgIpc) is 3.87. The van der Waals surface area contributed by atoms with Crippen LogP contribution in [0.2, 0.25) is 0 Å². The third kappa shape index (κ3) is 14.4. The van der Waals surface area contributed by atoms with Gasteiger partial charge in [-0.2, -0.15) is 0 Å². The summed E-state index contributed by atoms with van der Waals surface area (Å²) < 4.78 is 0. The van der Waals surface area contributed by atoms with E-state index in [9.17, 15) is 24.0 Å². The maximum absolute atomic E-state index is 14.7. The van der Waals surface area contributed by atoms with E-state index in [1.54, 1.807) is 12.4 Å². The van der Waals surface area contributed by atoms with Crippen molar-refractivity contribution in [2.45, 2.75) is 103 Å². The number of guanidine groups is 1. The fourth-order valence-corrected chi connectivity index (χ4v) is 7.57. The van der Waals surface area contributed by atoms with Crippen molar-refractivity contribution in [3.05, 3.63) is 108 Å². The molecule has 0 bridgehead atoms. The van der Waals surface area contributed by atoms with E-state index in [0.717, 1.165) is 44.9 Å². The minimum Gasteiger partial charge on any atom is -0.370 e. The van der Waals surface area contributed by atoms with Crippen molar-refractivity contribution in [1.29, 1.82) is 0 Å². The van der Waals surface area contributed by atoms with E-state index in [0.29, 0.717) is 25.3 Å². The molecule has 5 atom stereocenters. The van der Waals surface area contributed by atoms with Crippen LogP contribution in [0.15, 0.2) is 96.2 Å². The van der Waals surface area contributed by atoms with Crippen LogP contribution in [0.3, 0.4) is 0 Å². The zero-order valence-corrected chi connectivity index (χ0v) is 37.3. The molecule has 0 unspecified atom stereocenters. The normalized spacial score (nSPS) is 13.7. The van der Waals surface area contributed by atoms with Crippen LogP contribution in [0.5, 0.6) is 0 Å². The first-order chi connectivity index (χ1) is 30.7. The lowest BCUT2D eigenvalue weighted by Crippen LogP contribution is -2.60. The number of carbonyl (C=O) groups is 5. The molecule has 0 saturated carbocycles. The second kappa shape index (κ2) is 23.7. The van der Waals surface area contributed by atoms with E-state index in [1.807, 2.05) is 92.7 Å². The molecule has 16 nitrogen and oxygen atoms in total. The number of carbonyl (C=O) groups excluding carboxylic acids is 5. The van der Waals surface area contributed by atoms with Gasteiger partial charge in [0.2, 0.25) is 29.5 Å². The van der Waals surface area contributed by atoms with Gasteiger partial charge in [-0.1, -0.05) is 94.4 Å². The number of aromatic nitrogens is 2. The molecule has 16 heteroatoms. The van der Waals surface area contributed by atoms with Crippen LogP contribution in [-0.2, 0) is 43.2 Å². The molecule has 0 saturated heterocycles. The SMILES string of the molecule is CC(C)CCNC(=O)[C@H](CC(C)C)NC(=O)[C@@H](Cc1c[nH]c2ccccc12)NC(=O)[C@H](Cc1ccccc1)NC(=O)[C@@H](Cc1c[nH]c2ccccc12)NC(=O)[C@H](N)CCCN=C(N)N. The maximum Gasteiger partial charge on any atom is 0.243 e. The molecule has 0 spiro atoms. The van der Waals surface area contributed by atoms with Crippen molar-refractivity contribution in [2.75, 3.05) is 13.1 Å². The lowest BCUT2D eigenvalue weighted by molar-refractivity contribution is -0.134. The van der Waals surface area contributed by atoms with Crippen molar-refractivity contribution >= 4 is 57.3 Å². The number of aromatic amines is 2.